The Bertz CT molecular complexity index is 452. The van der Waals surface area contributed by atoms with E-state index in [1.165, 1.54) is 0 Å². The van der Waals surface area contributed by atoms with Crippen LogP contribution in [0.4, 0.5) is 0 Å². The van der Waals surface area contributed by atoms with Gasteiger partial charge in [-0.2, -0.15) is 0 Å². The Morgan fingerprint density at radius 3 is 2.11 bits per heavy atom. The molecule has 1 atom stereocenters. The Labute approximate surface area is 106 Å². The third-order valence-corrected chi connectivity index (χ3v) is 2.56. The minimum Gasteiger partial charge on any atom is -0.478 e. The number of ether oxygens (including phenoxy) is 1. The molecule has 0 heterocycles. The maximum atomic E-state index is 11.2. The van der Waals surface area contributed by atoms with E-state index < -0.39 is 12.1 Å². The van der Waals surface area contributed by atoms with Gasteiger partial charge in [0.15, 0.2) is 6.10 Å². The van der Waals surface area contributed by atoms with Crippen LogP contribution < -0.4 is 4.74 Å². The fraction of sp³-hybridized carbons (Fsp3) is 0.133. The van der Waals surface area contributed by atoms with Crippen LogP contribution in [0.3, 0.4) is 0 Å². The summed E-state index contributed by atoms with van der Waals surface area (Å²) in [4.78, 5) is 11.2. The normalized spacial score (nSPS) is 11.8. The van der Waals surface area contributed by atoms with Gasteiger partial charge in [-0.05, 0) is 17.7 Å². The zero-order valence-corrected chi connectivity index (χ0v) is 9.82. The van der Waals surface area contributed by atoms with Crippen LogP contribution in [0.5, 0.6) is 5.75 Å². The molecule has 1 N–H and O–H groups in total. The summed E-state index contributed by atoms with van der Waals surface area (Å²) >= 11 is 0. The van der Waals surface area contributed by atoms with Crippen molar-refractivity contribution >= 4 is 5.97 Å². The second-order valence-corrected chi connectivity index (χ2v) is 3.95. The highest BCUT2D eigenvalue weighted by molar-refractivity contribution is 5.73. The number of rotatable bonds is 5. The largest absolute Gasteiger partial charge is 0.478 e. The van der Waals surface area contributed by atoms with Gasteiger partial charge >= 0.3 is 5.97 Å². The zero-order valence-electron chi connectivity index (χ0n) is 9.82. The number of carboxylic acids is 1. The second kappa shape index (κ2) is 5.87. The van der Waals surface area contributed by atoms with Gasteiger partial charge in [0.05, 0.1) is 0 Å². The number of carboxylic acid groups (broad SMARTS) is 1. The highest BCUT2D eigenvalue weighted by atomic mass is 16.5. The molecule has 0 saturated carbocycles. The molecule has 2 aromatic rings. The molecule has 0 amide bonds. The van der Waals surface area contributed by atoms with Crippen LogP contribution in [-0.4, -0.2) is 17.2 Å². The third-order valence-electron chi connectivity index (χ3n) is 2.56. The van der Waals surface area contributed by atoms with Crippen molar-refractivity contribution in [1.82, 2.24) is 0 Å². The molecule has 2 rings (SSSR count). The monoisotopic (exact) mass is 242 g/mol. The molecular weight excluding hydrogens is 228 g/mol. The molecule has 0 unspecified atom stereocenters. The van der Waals surface area contributed by atoms with Gasteiger partial charge in [0.2, 0.25) is 0 Å². The summed E-state index contributed by atoms with van der Waals surface area (Å²) in [5.41, 5.74) is 0.945. The van der Waals surface area contributed by atoms with E-state index in [2.05, 4.69) is 0 Å². The van der Waals surface area contributed by atoms with Crippen molar-refractivity contribution in [3.8, 4) is 5.75 Å². The van der Waals surface area contributed by atoms with Crippen LogP contribution in [-0.2, 0) is 11.2 Å². The Kier molecular flexibility index (Phi) is 3.97. The Hall–Kier alpha value is -2.29. The van der Waals surface area contributed by atoms with Gasteiger partial charge in [-0.25, -0.2) is 4.79 Å². The van der Waals surface area contributed by atoms with Crippen LogP contribution in [0, 0.1) is 0 Å². The molecular formula is C15H14O3. The topological polar surface area (TPSA) is 46.5 Å². The average Bonchev–Trinajstić information content (AvgIpc) is 2.40. The van der Waals surface area contributed by atoms with Crippen LogP contribution >= 0.6 is 0 Å². The van der Waals surface area contributed by atoms with Gasteiger partial charge in [0.1, 0.15) is 5.75 Å². The lowest BCUT2D eigenvalue weighted by Gasteiger charge is -2.15. The quantitative estimate of drug-likeness (QED) is 0.877. The summed E-state index contributed by atoms with van der Waals surface area (Å²) in [5, 5.41) is 9.17. The molecule has 0 aliphatic rings. The van der Waals surface area contributed by atoms with Gasteiger partial charge in [-0.1, -0.05) is 48.5 Å². The van der Waals surface area contributed by atoms with Crippen molar-refractivity contribution < 1.29 is 14.6 Å². The molecule has 92 valence electrons. The summed E-state index contributed by atoms with van der Waals surface area (Å²) in [6.45, 7) is 0. The maximum Gasteiger partial charge on any atom is 0.345 e. The van der Waals surface area contributed by atoms with Crippen molar-refractivity contribution in [3.05, 3.63) is 66.2 Å². The Balaban J connectivity index is 2.08. The van der Waals surface area contributed by atoms with Crippen molar-refractivity contribution in [3.63, 3.8) is 0 Å². The number of benzene rings is 2. The zero-order chi connectivity index (χ0) is 12.8. The summed E-state index contributed by atoms with van der Waals surface area (Å²) < 4.78 is 5.48. The molecule has 0 aliphatic heterocycles. The van der Waals surface area contributed by atoms with Crippen molar-refractivity contribution in [2.75, 3.05) is 0 Å². The van der Waals surface area contributed by atoms with Crippen molar-refractivity contribution in [1.29, 1.82) is 0 Å². The minimum absolute atomic E-state index is 0.352. The predicted octanol–water partition coefficient (Wildman–Crippen LogP) is 2.76. The number of aliphatic carboxylic acids is 1. The van der Waals surface area contributed by atoms with E-state index in [1.807, 2.05) is 48.5 Å². The van der Waals surface area contributed by atoms with E-state index in [1.54, 1.807) is 12.1 Å². The van der Waals surface area contributed by atoms with E-state index in [0.717, 1.165) is 5.56 Å². The fourth-order valence-electron chi connectivity index (χ4n) is 1.67. The predicted molar refractivity (Wildman–Crippen MR) is 68.6 cm³/mol. The van der Waals surface area contributed by atoms with Gasteiger partial charge in [-0.15, -0.1) is 0 Å². The van der Waals surface area contributed by atoms with E-state index in [-0.39, 0.29) is 0 Å². The first-order chi connectivity index (χ1) is 8.75. The minimum atomic E-state index is -0.956. The van der Waals surface area contributed by atoms with Gasteiger partial charge < -0.3 is 9.84 Å². The maximum absolute atomic E-state index is 11.2. The summed E-state index contributed by atoms with van der Waals surface area (Å²) in [7, 11) is 0. The molecule has 0 saturated heterocycles. The summed E-state index contributed by atoms with van der Waals surface area (Å²) in [5.74, 6) is -0.386. The lowest BCUT2D eigenvalue weighted by atomic mass is 10.1. The third kappa shape index (κ3) is 3.35. The molecule has 0 fully saturated rings. The lowest BCUT2D eigenvalue weighted by Crippen LogP contribution is -2.29. The van der Waals surface area contributed by atoms with E-state index in [9.17, 15) is 9.90 Å². The molecule has 3 nitrogen and oxygen atoms in total. The molecule has 2 aromatic carbocycles. The molecule has 0 bridgehead atoms. The molecule has 3 heteroatoms. The van der Waals surface area contributed by atoms with Crippen molar-refractivity contribution in [2.45, 2.75) is 12.5 Å². The summed E-state index contributed by atoms with van der Waals surface area (Å²) in [6.07, 6.45) is -0.514. The average molecular weight is 242 g/mol. The molecule has 0 aromatic heterocycles. The fourth-order valence-corrected chi connectivity index (χ4v) is 1.67. The Morgan fingerprint density at radius 2 is 1.56 bits per heavy atom. The highest BCUT2D eigenvalue weighted by Gasteiger charge is 2.19. The van der Waals surface area contributed by atoms with Gasteiger partial charge in [0, 0.05) is 6.42 Å². The SMILES string of the molecule is O=C(O)[C@H](Cc1ccccc1)Oc1ccccc1. The molecule has 0 radical (unpaired) electrons. The number of hydrogen-bond donors (Lipinski definition) is 1. The first kappa shape index (κ1) is 12.2. The first-order valence-corrected chi connectivity index (χ1v) is 5.74. The highest BCUT2D eigenvalue weighted by Crippen LogP contribution is 2.14. The number of para-hydroxylation sites is 1. The first-order valence-electron chi connectivity index (χ1n) is 5.74. The van der Waals surface area contributed by atoms with E-state index in [4.69, 9.17) is 4.74 Å². The summed E-state index contributed by atoms with van der Waals surface area (Å²) in [6, 6.07) is 18.5. The van der Waals surface area contributed by atoms with Crippen LogP contribution in [0.15, 0.2) is 60.7 Å². The van der Waals surface area contributed by atoms with Crippen LogP contribution in [0.1, 0.15) is 5.56 Å². The number of carbonyl (C=O) groups is 1. The number of hydrogen-bond acceptors (Lipinski definition) is 2. The molecule has 0 aliphatic carbocycles. The smallest absolute Gasteiger partial charge is 0.345 e. The van der Waals surface area contributed by atoms with Gasteiger partial charge in [0.25, 0.3) is 0 Å². The van der Waals surface area contributed by atoms with Gasteiger partial charge in [-0.3, -0.25) is 0 Å². The van der Waals surface area contributed by atoms with Crippen LogP contribution in [0.25, 0.3) is 0 Å². The molecule has 0 spiro atoms. The Morgan fingerprint density at radius 1 is 1.00 bits per heavy atom. The lowest BCUT2D eigenvalue weighted by molar-refractivity contribution is -0.145. The van der Waals surface area contributed by atoms with E-state index >= 15 is 0 Å². The van der Waals surface area contributed by atoms with E-state index in [0.29, 0.717) is 12.2 Å². The standard InChI is InChI=1S/C15H14O3/c16-15(17)14(11-12-7-3-1-4-8-12)18-13-9-5-2-6-10-13/h1-10,14H,11H2,(H,16,17)/t14-/m0/s1. The van der Waals surface area contributed by atoms with Crippen LogP contribution in [0.2, 0.25) is 0 Å². The molecule has 18 heavy (non-hydrogen) atoms. The van der Waals surface area contributed by atoms with Crippen molar-refractivity contribution in [2.24, 2.45) is 0 Å². The second-order valence-electron chi connectivity index (χ2n) is 3.95.